The molecule has 0 aromatic carbocycles. The Bertz CT molecular complexity index is 307. The maximum atomic E-state index is 10.2. The van der Waals surface area contributed by atoms with E-state index in [9.17, 15) is 5.11 Å². The van der Waals surface area contributed by atoms with E-state index in [0.717, 1.165) is 38.5 Å². The number of allylic oxidation sites excluding steroid dienone is 5. The average Bonchev–Trinajstić information content (AvgIpc) is 3.13. The van der Waals surface area contributed by atoms with Gasteiger partial charge in [0, 0.05) is 0 Å². The monoisotopic (exact) mass is 232 g/mol. The van der Waals surface area contributed by atoms with Gasteiger partial charge in [-0.25, -0.2) is 0 Å². The van der Waals surface area contributed by atoms with Gasteiger partial charge in [0.1, 0.15) is 0 Å². The zero-order valence-electron chi connectivity index (χ0n) is 10.6. The van der Waals surface area contributed by atoms with Crippen LogP contribution in [0.1, 0.15) is 51.4 Å². The minimum absolute atomic E-state index is 0.157. The zero-order chi connectivity index (χ0) is 11.9. The summed E-state index contributed by atoms with van der Waals surface area (Å²) in [7, 11) is 0. The van der Waals surface area contributed by atoms with Crippen LogP contribution in [0.5, 0.6) is 0 Å². The summed E-state index contributed by atoms with van der Waals surface area (Å²) in [6.45, 7) is 0. The van der Waals surface area contributed by atoms with E-state index in [-0.39, 0.29) is 6.10 Å². The Morgan fingerprint density at radius 1 is 0.882 bits per heavy atom. The van der Waals surface area contributed by atoms with Crippen LogP contribution in [0.4, 0.5) is 0 Å². The molecular weight excluding hydrogens is 208 g/mol. The average molecular weight is 232 g/mol. The minimum Gasteiger partial charge on any atom is -0.388 e. The molecule has 0 bridgehead atoms. The smallest absolute Gasteiger partial charge is 0.0778 e. The summed E-state index contributed by atoms with van der Waals surface area (Å²) >= 11 is 0. The molecule has 0 amide bonds. The van der Waals surface area contributed by atoms with Crippen molar-refractivity contribution in [3.63, 3.8) is 0 Å². The van der Waals surface area contributed by atoms with Crippen LogP contribution in [-0.2, 0) is 0 Å². The van der Waals surface area contributed by atoms with Crippen LogP contribution in [0, 0.1) is 5.92 Å². The first-order chi connectivity index (χ1) is 8.38. The number of aliphatic hydroxyl groups is 1. The van der Waals surface area contributed by atoms with Crippen molar-refractivity contribution in [3.8, 4) is 0 Å². The fourth-order valence-electron chi connectivity index (χ4n) is 2.36. The van der Waals surface area contributed by atoms with Crippen molar-refractivity contribution in [1.29, 1.82) is 0 Å². The van der Waals surface area contributed by atoms with Crippen LogP contribution in [0.2, 0.25) is 0 Å². The van der Waals surface area contributed by atoms with Crippen LogP contribution in [0.3, 0.4) is 0 Å². The Balaban J connectivity index is 1.94. The van der Waals surface area contributed by atoms with Gasteiger partial charge in [-0.15, -0.1) is 0 Å². The molecule has 17 heavy (non-hydrogen) atoms. The maximum Gasteiger partial charge on any atom is 0.0778 e. The summed E-state index contributed by atoms with van der Waals surface area (Å²) in [5, 5.41) is 10.2. The van der Waals surface area contributed by atoms with Gasteiger partial charge in [0.25, 0.3) is 0 Å². The Kier molecular flexibility index (Phi) is 5.06. The quantitative estimate of drug-likeness (QED) is 0.709. The molecule has 94 valence electrons. The van der Waals surface area contributed by atoms with Crippen LogP contribution in [-0.4, -0.2) is 11.2 Å². The van der Waals surface area contributed by atoms with E-state index >= 15 is 0 Å². The van der Waals surface area contributed by atoms with Crippen LogP contribution >= 0.6 is 0 Å². The number of hydrogen-bond donors (Lipinski definition) is 1. The third-order valence-corrected chi connectivity index (χ3v) is 3.62. The lowest BCUT2D eigenvalue weighted by Gasteiger charge is -2.14. The molecule has 1 fully saturated rings. The van der Waals surface area contributed by atoms with Crippen LogP contribution in [0.25, 0.3) is 0 Å². The molecule has 1 unspecified atom stereocenters. The van der Waals surface area contributed by atoms with Crippen molar-refractivity contribution in [2.75, 3.05) is 0 Å². The highest BCUT2D eigenvalue weighted by Gasteiger charge is 2.31. The molecule has 2 aliphatic rings. The summed E-state index contributed by atoms with van der Waals surface area (Å²) in [5.41, 5.74) is 1.28. The predicted octanol–water partition coefficient (Wildman–Crippen LogP) is 4.15. The van der Waals surface area contributed by atoms with Gasteiger partial charge in [-0.1, -0.05) is 30.4 Å². The SMILES string of the molecule is OC(/C1=C\CC/C=C/CC/C=C/CC1)C1CC1. The normalized spacial score (nSPS) is 31.5. The van der Waals surface area contributed by atoms with Gasteiger partial charge in [0.05, 0.1) is 6.10 Å². The fourth-order valence-corrected chi connectivity index (χ4v) is 2.36. The maximum absolute atomic E-state index is 10.2. The molecule has 2 aliphatic carbocycles. The highest BCUT2D eigenvalue weighted by Crippen LogP contribution is 2.37. The molecule has 1 nitrogen and oxygen atoms in total. The molecule has 0 aliphatic heterocycles. The topological polar surface area (TPSA) is 20.2 Å². The highest BCUT2D eigenvalue weighted by atomic mass is 16.3. The molecule has 2 rings (SSSR count). The summed E-state index contributed by atoms with van der Waals surface area (Å²) in [6, 6.07) is 0. The Labute approximate surface area is 105 Å². The van der Waals surface area contributed by atoms with Crippen molar-refractivity contribution < 1.29 is 5.11 Å². The predicted molar refractivity (Wildman–Crippen MR) is 72.8 cm³/mol. The van der Waals surface area contributed by atoms with E-state index in [2.05, 4.69) is 30.4 Å². The van der Waals surface area contributed by atoms with E-state index in [1.165, 1.54) is 18.4 Å². The molecular formula is C16H24O. The van der Waals surface area contributed by atoms with Crippen LogP contribution < -0.4 is 0 Å². The van der Waals surface area contributed by atoms with Crippen LogP contribution in [0.15, 0.2) is 36.0 Å². The third kappa shape index (κ3) is 4.51. The Hall–Kier alpha value is -0.820. The molecule has 0 aromatic rings. The van der Waals surface area contributed by atoms with Gasteiger partial charge < -0.3 is 5.11 Å². The highest BCUT2D eigenvalue weighted by molar-refractivity contribution is 5.13. The van der Waals surface area contributed by atoms with E-state index in [0.29, 0.717) is 5.92 Å². The Morgan fingerprint density at radius 2 is 1.47 bits per heavy atom. The second kappa shape index (κ2) is 6.80. The first-order valence-corrected chi connectivity index (χ1v) is 7.05. The molecule has 0 saturated heterocycles. The van der Waals surface area contributed by atoms with Gasteiger partial charge in [0.15, 0.2) is 0 Å². The first-order valence-electron chi connectivity index (χ1n) is 7.05. The lowest BCUT2D eigenvalue weighted by atomic mass is 9.98. The molecule has 1 N–H and O–H groups in total. The number of aliphatic hydroxyl groups excluding tert-OH is 1. The molecule has 0 heterocycles. The zero-order valence-corrected chi connectivity index (χ0v) is 10.6. The summed E-state index contributed by atoms with van der Waals surface area (Å²) in [4.78, 5) is 0. The van der Waals surface area contributed by atoms with Crippen molar-refractivity contribution in [2.45, 2.75) is 57.5 Å². The van der Waals surface area contributed by atoms with Gasteiger partial charge in [-0.3, -0.25) is 0 Å². The fraction of sp³-hybridized carbons (Fsp3) is 0.625. The molecule has 1 heteroatoms. The lowest BCUT2D eigenvalue weighted by Crippen LogP contribution is -2.12. The number of hydrogen-bond acceptors (Lipinski definition) is 1. The first kappa shape index (κ1) is 12.6. The molecule has 1 saturated carbocycles. The second-order valence-electron chi connectivity index (χ2n) is 5.20. The molecule has 0 spiro atoms. The minimum atomic E-state index is -0.157. The van der Waals surface area contributed by atoms with Crippen molar-refractivity contribution in [1.82, 2.24) is 0 Å². The van der Waals surface area contributed by atoms with Gasteiger partial charge in [0.2, 0.25) is 0 Å². The molecule has 0 aromatic heterocycles. The van der Waals surface area contributed by atoms with Crippen molar-refractivity contribution in [2.24, 2.45) is 5.92 Å². The van der Waals surface area contributed by atoms with Crippen molar-refractivity contribution >= 4 is 0 Å². The summed E-state index contributed by atoms with van der Waals surface area (Å²) < 4.78 is 0. The standard InChI is InChI=1S/C16H24O/c17-16(15-12-13-15)14-10-8-6-4-2-1-3-5-7-9-11-14/h2,4-5,7,10,15-17H,1,3,6,8-9,11-13H2/b4-2+,7-5+,14-10-. The van der Waals surface area contributed by atoms with Gasteiger partial charge >= 0.3 is 0 Å². The van der Waals surface area contributed by atoms with Gasteiger partial charge in [-0.2, -0.15) is 0 Å². The summed E-state index contributed by atoms with van der Waals surface area (Å²) in [6.07, 6.45) is 20.3. The third-order valence-electron chi connectivity index (χ3n) is 3.62. The Morgan fingerprint density at radius 3 is 2.12 bits per heavy atom. The number of rotatable bonds is 2. The molecule has 1 atom stereocenters. The van der Waals surface area contributed by atoms with Crippen molar-refractivity contribution in [3.05, 3.63) is 36.0 Å². The lowest BCUT2D eigenvalue weighted by molar-refractivity contribution is 0.183. The largest absolute Gasteiger partial charge is 0.388 e. The van der Waals surface area contributed by atoms with E-state index in [1.54, 1.807) is 0 Å². The molecule has 0 radical (unpaired) electrons. The second-order valence-corrected chi connectivity index (χ2v) is 5.20. The van der Waals surface area contributed by atoms with E-state index in [1.807, 2.05) is 0 Å². The summed E-state index contributed by atoms with van der Waals surface area (Å²) in [5.74, 6) is 0.564. The van der Waals surface area contributed by atoms with E-state index in [4.69, 9.17) is 0 Å². The van der Waals surface area contributed by atoms with E-state index < -0.39 is 0 Å². The van der Waals surface area contributed by atoms with Gasteiger partial charge in [-0.05, 0) is 62.9 Å².